The van der Waals surface area contributed by atoms with Crippen LogP contribution in [0.3, 0.4) is 0 Å². The van der Waals surface area contributed by atoms with Gasteiger partial charge in [0.2, 0.25) is 0 Å². The Hall–Kier alpha value is -1.60. The van der Waals surface area contributed by atoms with Gasteiger partial charge in [-0.25, -0.2) is 4.98 Å². The molecule has 0 aliphatic carbocycles. The average Bonchev–Trinajstić information content (AvgIpc) is 2.43. The van der Waals surface area contributed by atoms with Crippen molar-refractivity contribution < 1.29 is 4.98 Å². The highest BCUT2D eigenvalue weighted by Crippen LogP contribution is 2.31. The second kappa shape index (κ2) is 3.21. The van der Waals surface area contributed by atoms with E-state index in [0.717, 1.165) is 15.8 Å². The highest BCUT2D eigenvalue weighted by Gasteiger charge is 2.18. The molecular formula is C11H12N3S+. The SMILES string of the molecule is Cc1sc2[nH+]c(N)c(C#N)c(C)c2c1C. The molecule has 0 saturated carbocycles. The van der Waals surface area contributed by atoms with Gasteiger partial charge in [-0.1, -0.05) is 11.3 Å². The number of aromatic nitrogens is 1. The Morgan fingerprint density at radius 2 is 1.93 bits per heavy atom. The molecule has 0 spiro atoms. The van der Waals surface area contributed by atoms with Gasteiger partial charge in [-0.05, 0) is 31.9 Å². The average molecular weight is 218 g/mol. The fourth-order valence-corrected chi connectivity index (χ4v) is 2.95. The number of hydrogen-bond donors (Lipinski definition) is 1. The van der Waals surface area contributed by atoms with Crippen LogP contribution in [0.2, 0.25) is 0 Å². The summed E-state index contributed by atoms with van der Waals surface area (Å²) < 4.78 is 0. The maximum absolute atomic E-state index is 9.01. The molecule has 4 heteroatoms. The van der Waals surface area contributed by atoms with Crippen LogP contribution in [0, 0.1) is 32.1 Å². The molecule has 0 radical (unpaired) electrons. The van der Waals surface area contributed by atoms with Gasteiger partial charge in [-0.3, -0.25) is 5.73 Å². The number of hydrogen-bond acceptors (Lipinski definition) is 3. The third-order valence-electron chi connectivity index (χ3n) is 2.76. The van der Waals surface area contributed by atoms with Gasteiger partial charge < -0.3 is 0 Å². The largest absolute Gasteiger partial charge is 0.289 e. The first kappa shape index (κ1) is 9.94. The molecule has 0 saturated heterocycles. The van der Waals surface area contributed by atoms with Crippen LogP contribution in [0.5, 0.6) is 0 Å². The van der Waals surface area contributed by atoms with E-state index in [1.165, 1.54) is 10.4 Å². The summed E-state index contributed by atoms with van der Waals surface area (Å²) in [6.07, 6.45) is 0. The number of aryl methyl sites for hydroxylation is 3. The molecule has 2 aromatic heterocycles. The van der Waals surface area contributed by atoms with Crippen LogP contribution in [0.15, 0.2) is 0 Å². The summed E-state index contributed by atoms with van der Waals surface area (Å²) in [5, 5.41) is 10.2. The Labute approximate surface area is 92.2 Å². The first-order valence-electron chi connectivity index (χ1n) is 4.67. The van der Waals surface area contributed by atoms with E-state index in [0.29, 0.717) is 11.4 Å². The molecule has 0 atom stereocenters. The highest BCUT2D eigenvalue weighted by atomic mass is 32.1. The normalized spacial score (nSPS) is 10.5. The number of anilines is 1. The van der Waals surface area contributed by atoms with Crippen LogP contribution in [-0.2, 0) is 0 Å². The van der Waals surface area contributed by atoms with Gasteiger partial charge in [-0.15, -0.1) is 0 Å². The number of H-pyrrole nitrogens is 1. The standard InChI is InChI=1S/C11H11N3S/c1-5-7(3)15-11-9(5)6(2)8(4-12)10(13)14-11/h1-3H3,(H2,13,14)/p+1. The lowest BCUT2D eigenvalue weighted by molar-refractivity contribution is -0.323. The van der Waals surface area contributed by atoms with E-state index >= 15 is 0 Å². The second-order valence-electron chi connectivity index (χ2n) is 3.64. The summed E-state index contributed by atoms with van der Waals surface area (Å²) in [7, 11) is 0. The molecule has 3 nitrogen and oxygen atoms in total. The molecule has 0 bridgehead atoms. The molecule has 15 heavy (non-hydrogen) atoms. The Morgan fingerprint density at radius 1 is 1.27 bits per heavy atom. The quantitative estimate of drug-likeness (QED) is 0.736. The summed E-state index contributed by atoms with van der Waals surface area (Å²) in [6, 6.07) is 2.14. The number of nitrogens with two attached hydrogens (primary N) is 1. The van der Waals surface area contributed by atoms with Crippen molar-refractivity contribution in [2.24, 2.45) is 0 Å². The van der Waals surface area contributed by atoms with Crippen molar-refractivity contribution in [3.05, 3.63) is 21.6 Å². The minimum absolute atomic E-state index is 0.462. The van der Waals surface area contributed by atoms with Crippen molar-refractivity contribution in [1.82, 2.24) is 0 Å². The molecule has 76 valence electrons. The third-order valence-corrected chi connectivity index (χ3v) is 3.89. The number of pyridine rings is 1. The van der Waals surface area contributed by atoms with Gasteiger partial charge in [0.05, 0.1) is 0 Å². The van der Waals surface area contributed by atoms with Crippen LogP contribution in [0.25, 0.3) is 10.2 Å². The van der Waals surface area contributed by atoms with Crippen molar-refractivity contribution in [3.8, 4) is 6.07 Å². The van der Waals surface area contributed by atoms with E-state index in [1.807, 2.05) is 6.92 Å². The lowest BCUT2D eigenvalue weighted by Gasteiger charge is -1.99. The monoisotopic (exact) mass is 218 g/mol. The van der Waals surface area contributed by atoms with E-state index in [-0.39, 0.29) is 0 Å². The van der Waals surface area contributed by atoms with Crippen LogP contribution in [-0.4, -0.2) is 0 Å². The summed E-state index contributed by atoms with van der Waals surface area (Å²) in [5.41, 5.74) is 8.56. The maximum atomic E-state index is 9.01. The number of thiophene rings is 1. The number of nitriles is 1. The van der Waals surface area contributed by atoms with E-state index in [2.05, 4.69) is 24.9 Å². The summed E-state index contributed by atoms with van der Waals surface area (Å²) in [6.45, 7) is 6.10. The van der Waals surface area contributed by atoms with Crippen molar-refractivity contribution in [3.63, 3.8) is 0 Å². The number of nitrogens with one attached hydrogen (secondary N) is 1. The molecule has 0 aliphatic heterocycles. The maximum Gasteiger partial charge on any atom is 0.289 e. The lowest BCUT2D eigenvalue weighted by Crippen LogP contribution is -2.13. The summed E-state index contributed by atoms with van der Waals surface area (Å²) >= 11 is 1.68. The lowest BCUT2D eigenvalue weighted by atomic mass is 10.0. The minimum Gasteiger partial charge on any atom is -0.286 e. The van der Waals surface area contributed by atoms with Crippen LogP contribution in [0.1, 0.15) is 21.6 Å². The zero-order chi connectivity index (χ0) is 11.2. The topological polar surface area (TPSA) is 63.9 Å². The summed E-state index contributed by atoms with van der Waals surface area (Å²) in [5.74, 6) is 0.462. The van der Waals surface area contributed by atoms with Gasteiger partial charge in [-0.2, -0.15) is 5.26 Å². The van der Waals surface area contributed by atoms with Gasteiger partial charge in [0.1, 0.15) is 11.6 Å². The smallest absolute Gasteiger partial charge is 0.286 e. The van der Waals surface area contributed by atoms with Gasteiger partial charge in [0.25, 0.3) is 5.82 Å². The fraction of sp³-hybridized carbons (Fsp3) is 0.273. The minimum atomic E-state index is 0.462. The van der Waals surface area contributed by atoms with Crippen molar-refractivity contribution in [1.29, 1.82) is 5.26 Å². The third kappa shape index (κ3) is 1.28. The van der Waals surface area contributed by atoms with E-state index in [4.69, 9.17) is 11.0 Å². The number of aromatic amines is 1. The van der Waals surface area contributed by atoms with E-state index < -0.39 is 0 Å². The molecule has 0 unspecified atom stereocenters. The molecule has 3 N–H and O–H groups in total. The fourth-order valence-electron chi connectivity index (χ4n) is 1.82. The zero-order valence-corrected chi connectivity index (χ0v) is 9.75. The van der Waals surface area contributed by atoms with E-state index in [1.54, 1.807) is 11.3 Å². The molecule has 0 amide bonds. The first-order chi connectivity index (χ1) is 7.06. The number of rotatable bonds is 0. The molecule has 0 aromatic carbocycles. The van der Waals surface area contributed by atoms with Gasteiger partial charge in [0.15, 0.2) is 4.83 Å². The first-order valence-corrected chi connectivity index (χ1v) is 5.49. The molecule has 2 aromatic rings. The summed E-state index contributed by atoms with van der Waals surface area (Å²) in [4.78, 5) is 5.40. The predicted octanol–water partition coefficient (Wildman–Crippen LogP) is 2.09. The molecule has 2 heterocycles. The Bertz CT molecular complexity index is 590. The molecule has 0 aliphatic rings. The van der Waals surface area contributed by atoms with Gasteiger partial charge >= 0.3 is 0 Å². The molecular weight excluding hydrogens is 206 g/mol. The second-order valence-corrected chi connectivity index (χ2v) is 4.86. The number of nitrogen functional groups attached to an aromatic ring is 1. The van der Waals surface area contributed by atoms with Crippen LogP contribution in [0.4, 0.5) is 5.82 Å². The number of nitrogens with zero attached hydrogens (tertiary/aromatic N) is 1. The van der Waals surface area contributed by atoms with Crippen molar-refractivity contribution >= 4 is 27.4 Å². The Kier molecular flexibility index (Phi) is 2.13. The highest BCUT2D eigenvalue weighted by molar-refractivity contribution is 7.18. The zero-order valence-electron chi connectivity index (χ0n) is 8.93. The number of fused-ring (bicyclic) bond motifs is 1. The van der Waals surface area contributed by atoms with Crippen LogP contribution >= 0.6 is 11.3 Å². The predicted molar refractivity (Wildman–Crippen MR) is 61.7 cm³/mol. The van der Waals surface area contributed by atoms with Crippen molar-refractivity contribution in [2.75, 3.05) is 5.73 Å². The molecule has 2 rings (SSSR count). The van der Waals surface area contributed by atoms with Crippen molar-refractivity contribution in [2.45, 2.75) is 20.8 Å². The molecule has 0 fully saturated rings. The van der Waals surface area contributed by atoms with Crippen LogP contribution < -0.4 is 10.7 Å². The van der Waals surface area contributed by atoms with E-state index in [9.17, 15) is 0 Å². The van der Waals surface area contributed by atoms with Gasteiger partial charge in [0, 0.05) is 10.3 Å². The Morgan fingerprint density at radius 3 is 2.53 bits per heavy atom. The Balaban J connectivity index is 3.00.